The predicted molar refractivity (Wildman–Crippen MR) is 284 cm³/mol. The molecule has 0 aromatic heterocycles. The summed E-state index contributed by atoms with van der Waals surface area (Å²) in [6.45, 7) is 40.3. The fourth-order valence-electron chi connectivity index (χ4n) is 8.81. The number of rotatable bonds is 10. The molecule has 6 aromatic carbocycles. The lowest BCUT2D eigenvalue weighted by Gasteiger charge is -2.27. The molecule has 66 heavy (non-hydrogen) atoms. The van der Waals surface area contributed by atoms with Crippen molar-refractivity contribution in [3.63, 3.8) is 0 Å². The summed E-state index contributed by atoms with van der Waals surface area (Å²) in [6.07, 6.45) is 0.625. The van der Waals surface area contributed by atoms with Gasteiger partial charge >= 0.3 is 0 Å². The second-order valence-corrected chi connectivity index (χ2v) is 23.0. The van der Waals surface area contributed by atoms with E-state index in [1.807, 2.05) is 0 Å². The molecule has 0 unspecified atom stereocenters. The third-order valence-corrected chi connectivity index (χ3v) is 12.7. The maximum Gasteiger partial charge on any atom is 0.131 e. The molecule has 0 radical (unpaired) electrons. The summed E-state index contributed by atoms with van der Waals surface area (Å²) in [6, 6.07) is 30.4. The van der Waals surface area contributed by atoms with Gasteiger partial charge < -0.3 is 19.7 Å². The maximum atomic E-state index is 12.2. The average molecular weight is 889 g/mol. The van der Waals surface area contributed by atoms with Crippen LogP contribution < -0.4 is 9.47 Å². The molecule has 0 aliphatic carbocycles. The molecule has 0 aliphatic heterocycles. The van der Waals surface area contributed by atoms with Gasteiger partial charge in [0.05, 0.1) is 13.2 Å². The molecule has 0 heterocycles. The van der Waals surface area contributed by atoms with Crippen molar-refractivity contribution in [2.75, 3.05) is 13.2 Å². The number of hydrogen-bond donors (Lipinski definition) is 2. The molecule has 0 aliphatic rings. The van der Waals surface area contributed by atoms with Crippen molar-refractivity contribution in [3.05, 3.63) is 141 Å². The molecule has 352 valence electrons. The Balaban J connectivity index is 0.00000817. The highest BCUT2D eigenvalue weighted by Crippen LogP contribution is 2.48. The first-order valence-electron chi connectivity index (χ1n) is 23.5. The molecular formula is C62H80O4. The Kier molecular flexibility index (Phi) is 14.8. The summed E-state index contributed by atoms with van der Waals surface area (Å²) < 4.78 is 13.4. The van der Waals surface area contributed by atoms with E-state index in [9.17, 15) is 10.2 Å². The molecule has 6 rings (SSSR count). The largest absolute Gasteiger partial charge is 0.507 e. The second kappa shape index (κ2) is 19.0. The first-order valence-corrected chi connectivity index (χ1v) is 23.5. The van der Waals surface area contributed by atoms with Gasteiger partial charge in [-0.05, 0) is 166 Å². The van der Waals surface area contributed by atoms with Crippen LogP contribution in [0, 0.1) is 41.5 Å². The summed E-state index contributed by atoms with van der Waals surface area (Å²) >= 11 is 0. The van der Waals surface area contributed by atoms with Crippen molar-refractivity contribution < 1.29 is 19.7 Å². The van der Waals surface area contributed by atoms with Crippen LogP contribution in [0.1, 0.15) is 153 Å². The van der Waals surface area contributed by atoms with Gasteiger partial charge in [-0.1, -0.05) is 139 Å². The highest BCUT2D eigenvalue weighted by atomic mass is 16.5. The van der Waals surface area contributed by atoms with Crippen molar-refractivity contribution in [1.29, 1.82) is 0 Å². The number of phenolic OH excluding ortho intramolecular Hbond substituents is 2. The van der Waals surface area contributed by atoms with E-state index in [1.54, 1.807) is 0 Å². The van der Waals surface area contributed by atoms with Crippen molar-refractivity contribution in [2.45, 2.75) is 160 Å². The lowest BCUT2D eigenvalue weighted by atomic mass is 9.78. The SMILES string of the molecule is C.Cc1cc(-c2cc(C(C)(C)C)cc(C(C)(C)C)c2)c(O)c(-c2cc(C)cc(C)c2OCCCOc2c(C)cc(C)cc2-c2cc(C)cc(-c3cc(C(C)(C)C)cc(C(C)(C)C)c3)c2O)c1. The number of aromatic hydroxyl groups is 2. The first-order chi connectivity index (χ1) is 30.0. The fourth-order valence-corrected chi connectivity index (χ4v) is 8.81. The number of phenols is 2. The van der Waals surface area contributed by atoms with Crippen molar-refractivity contribution in [3.8, 4) is 67.5 Å². The molecule has 0 spiro atoms. The summed E-state index contributed by atoms with van der Waals surface area (Å²) in [5, 5.41) is 24.5. The van der Waals surface area contributed by atoms with Gasteiger partial charge in [-0.25, -0.2) is 0 Å². The van der Waals surface area contributed by atoms with E-state index >= 15 is 0 Å². The van der Waals surface area contributed by atoms with E-state index in [1.165, 1.54) is 22.3 Å². The van der Waals surface area contributed by atoms with Crippen molar-refractivity contribution in [2.24, 2.45) is 0 Å². The maximum absolute atomic E-state index is 12.2. The summed E-state index contributed by atoms with van der Waals surface area (Å²) in [4.78, 5) is 0. The minimum atomic E-state index is -0.0574. The molecule has 0 saturated carbocycles. The van der Waals surface area contributed by atoms with Crippen LogP contribution in [0.4, 0.5) is 0 Å². The zero-order valence-corrected chi connectivity index (χ0v) is 42.9. The van der Waals surface area contributed by atoms with Gasteiger partial charge in [0.25, 0.3) is 0 Å². The number of hydrogen-bond acceptors (Lipinski definition) is 4. The third-order valence-electron chi connectivity index (χ3n) is 12.7. The molecular weight excluding hydrogens is 809 g/mol. The highest BCUT2D eigenvalue weighted by molar-refractivity contribution is 5.88. The topological polar surface area (TPSA) is 58.9 Å². The average Bonchev–Trinajstić information content (AvgIpc) is 3.18. The molecule has 2 N–H and O–H groups in total. The predicted octanol–water partition coefficient (Wildman–Crippen LogP) is 17.3. The lowest BCUT2D eigenvalue weighted by molar-refractivity contribution is 0.247. The Morgan fingerprint density at radius 2 is 0.606 bits per heavy atom. The molecule has 0 atom stereocenters. The van der Waals surface area contributed by atoms with Crippen LogP contribution in [0.3, 0.4) is 0 Å². The minimum absolute atomic E-state index is 0. The summed E-state index contributed by atoms with van der Waals surface area (Å²) in [7, 11) is 0. The van der Waals surface area contributed by atoms with Crippen LogP contribution in [0.25, 0.3) is 44.5 Å². The van der Waals surface area contributed by atoms with Crippen LogP contribution in [0.2, 0.25) is 0 Å². The summed E-state index contributed by atoms with van der Waals surface area (Å²) in [5.74, 6) is 2.02. The Morgan fingerprint density at radius 3 is 0.894 bits per heavy atom. The highest BCUT2D eigenvalue weighted by Gasteiger charge is 2.26. The van der Waals surface area contributed by atoms with Gasteiger partial charge in [0.1, 0.15) is 23.0 Å². The van der Waals surface area contributed by atoms with Crippen molar-refractivity contribution >= 4 is 0 Å². The normalized spacial score (nSPS) is 12.3. The van der Waals surface area contributed by atoms with E-state index < -0.39 is 0 Å². The van der Waals surface area contributed by atoms with Gasteiger partial charge in [0.15, 0.2) is 0 Å². The molecule has 0 amide bonds. The Bertz CT molecular complexity index is 2480. The van der Waals surface area contributed by atoms with Crippen LogP contribution in [0.15, 0.2) is 84.9 Å². The molecule has 6 aromatic rings. The molecule has 0 bridgehead atoms. The summed E-state index contributed by atoms with van der Waals surface area (Å²) in [5.41, 5.74) is 18.0. The number of aryl methyl sites for hydroxylation is 6. The molecule has 4 nitrogen and oxygen atoms in total. The van der Waals surface area contributed by atoms with Crippen LogP contribution in [-0.4, -0.2) is 23.4 Å². The smallest absolute Gasteiger partial charge is 0.131 e. The van der Waals surface area contributed by atoms with E-state index in [0.717, 1.165) is 89.4 Å². The zero-order valence-electron chi connectivity index (χ0n) is 42.9. The first kappa shape index (κ1) is 51.5. The number of ether oxygens (including phenoxy) is 2. The van der Waals surface area contributed by atoms with Gasteiger partial charge in [0, 0.05) is 39.8 Å². The Hall–Kier alpha value is -5.48. The Labute approximate surface area is 399 Å². The molecule has 0 fully saturated rings. The van der Waals surface area contributed by atoms with Gasteiger partial charge in [-0.15, -0.1) is 0 Å². The monoisotopic (exact) mass is 889 g/mol. The lowest BCUT2D eigenvalue weighted by Crippen LogP contribution is -2.16. The van der Waals surface area contributed by atoms with E-state index in [2.05, 4.69) is 210 Å². The second-order valence-electron chi connectivity index (χ2n) is 23.0. The van der Waals surface area contributed by atoms with Gasteiger partial charge in [0.2, 0.25) is 0 Å². The third kappa shape index (κ3) is 11.4. The standard InChI is InChI=1S/C61H76O4.CH4/c1-36-22-40(5)56(52(28-36)50-26-38(3)24-48(54(50)62)42-30-44(58(7,8)9)34-45(31-42)59(10,11)12)64-20-19-21-65-57-41(6)23-37(2)29-53(57)51-27-39(4)25-49(55(51)63)43-32-46(60(13,14)15)35-47(33-43)61(16,17)18;/h22-35,62-63H,19-21H2,1-18H3;1H4. The quantitative estimate of drug-likeness (QED) is 0.135. The molecule has 4 heteroatoms. The number of benzene rings is 6. The Morgan fingerprint density at radius 1 is 0.348 bits per heavy atom. The van der Waals surface area contributed by atoms with Gasteiger partial charge in [-0.3, -0.25) is 0 Å². The van der Waals surface area contributed by atoms with Crippen LogP contribution >= 0.6 is 0 Å². The van der Waals surface area contributed by atoms with Gasteiger partial charge in [-0.2, -0.15) is 0 Å². The minimum Gasteiger partial charge on any atom is -0.507 e. The van der Waals surface area contributed by atoms with Crippen molar-refractivity contribution in [1.82, 2.24) is 0 Å². The zero-order chi connectivity index (χ0) is 48.1. The van der Waals surface area contributed by atoms with Crippen LogP contribution in [0.5, 0.6) is 23.0 Å². The van der Waals surface area contributed by atoms with Crippen LogP contribution in [-0.2, 0) is 21.7 Å². The van der Waals surface area contributed by atoms with E-state index in [4.69, 9.17) is 9.47 Å². The van der Waals surface area contributed by atoms with E-state index in [-0.39, 0.29) is 40.6 Å². The van der Waals surface area contributed by atoms with E-state index in [0.29, 0.717) is 19.6 Å². The fraction of sp³-hybridized carbons (Fsp3) is 0.419. The molecule has 0 saturated heterocycles.